The molecule has 0 unspecified atom stereocenters. The number of unbranched alkanes of at least 4 members (excludes halogenated alkanes) is 1. The number of rotatable bonds is 7. The number of hydrogen-bond donors (Lipinski definition) is 1. The van der Waals surface area contributed by atoms with Gasteiger partial charge in [0.15, 0.2) is 0 Å². The zero-order valence-electron chi connectivity index (χ0n) is 13.9. The molecule has 0 aliphatic rings. The quantitative estimate of drug-likeness (QED) is 0.658. The first kappa shape index (κ1) is 17.1. The van der Waals surface area contributed by atoms with Gasteiger partial charge in [0.25, 0.3) is 5.91 Å². The summed E-state index contributed by atoms with van der Waals surface area (Å²) in [7, 11) is 0. The second-order valence-electron chi connectivity index (χ2n) is 5.40. The van der Waals surface area contributed by atoms with Crippen molar-refractivity contribution >= 4 is 11.6 Å². The second-order valence-corrected chi connectivity index (χ2v) is 5.40. The number of benzene rings is 2. The summed E-state index contributed by atoms with van der Waals surface area (Å²) in [6, 6.07) is 16.2. The number of nitrogens with one attached hydrogen (secondary N) is 1. The van der Waals surface area contributed by atoms with Crippen molar-refractivity contribution in [2.24, 2.45) is 0 Å². The van der Waals surface area contributed by atoms with Crippen LogP contribution in [-0.4, -0.2) is 32.7 Å². The molecule has 0 atom stereocenters. The van der Waals surface area contributed by atoms with Crippen molar-refractivity contribution in [2.45, 2.75) is 12.8 Å². The Morgan fingerprint density at radius 3 is 2.92 bits per heavy atom. The van der Waals surface area contributed by atoms with E-state index in [0.717, 1.165) is 0 Å². The molecule has 0 radical (unpaired) electrons. The van der Waals surface area contributed by atoms with Gasteiger partial charge in [-0.05, 0) is 47.2 Å². The van der Waals surface area contributed by atoms with Crippen molar-refractivity contribution in [1.29, 1.82) is 5.26 Å². The van der Waals surface area contributed by atoms with Crippen molar-refractivity contribution < 1.29 is 9.53 Å². The Kier molecular flexibility index (Phi) is 5.52. The summed E-state index contributed by atoms with van der Waals surface area (Å²) < 4.78 is 7.05. The van der Waals surface area contributed by atoms with Crippen molar-refractivity contribution in [3.05, 3.63) is 60.4 Å². The van der Waals surface area contributed by atoms with Gasteiger partial charge in [-0.15, -0.1) is 5.10 Å². The van der Waals surface area contributed by atoms with E-state index in [0.29, 0.717) is 42.1 Å². The van der Waals surface area contributed by atoms with Crippen LogP contribution < -0.4 is 10.1 Å². The van der Waals surface area contributed by atoms with E-state index in [1.165, 1.54) is 11.0 Å². The average molecular weight is 348 g/mol. The number of tetrazole rings is 1. The van der Waals surface area contributed by atoms with E-state index in [4.69, 9.17) is 10.00 Å². The third-order valence-corrected chi connectivity index (χ3v) is 3.52. The van der Waals surface area contributed by atoms with Crippen LogP contribution >= 0.6 is 0 Å². The minimum absolute atomic E-state index is 0.249. The summed E-state index contributed by atoms with van der Waals surface area (Å²) in [5.74, 6) is 0.393. The summed E-state index contributed by atoms with van der Waals surface area (Å²) in [4.78, 5) is 12.5. The average Bonchev–Trinajstić information content (AvgIpc) is 3.21. The minimum atomic E-state index is -0.249. The summed E-state index contributed by atoms with van der Waals surface area (Å²) in [5.41, 5.74) is 1.80. The van der Waals surface area contributed by atoms with E-state index >= 15 is 0 Å². The Labute approximate surface area is 150 Å². The first-order valence-electron chi connectivity index (χ1n) is 8.01. The molecule has 0 saturated heterocycles. The number of aromatic nitrogens is 4. The van der Waals surface area contributed by atoms with E-state index in [1.807, 2.05) is 6.07 Å². The maximum Gasteiger partial charge on any atom is 0.255 e. The van der Waals surface area contributed by atoms with E-state index in [-0.39, 0.29) is 5.91 Å². The highest BCUT2D eigenvalue weighted by molar-refractivity contribution is 6.04. The summed E-state index contributed by atoms with van der Waals surface area (Å²) >= 11 is 0. The Morgan fingerprint density at radius 2 is 2.12 bits per heavy atom. The van der Waals surface area contributed by atoms with Gasteiger partial charge < -0.3 is 10.1 Å². The maximum absolute atomic E-state index is 12.5. The molecule has 0 aliphatic heterocycles. The van der Waals surface area contributed by atoms with Crippen LogP contribution in [0.5, 0.6) is 5.75 Å². The van der Waals surface area contributed by atoms with Gasteiger partial charge in [-0.2, -0.15) is 5.26 Å². The van der Waals surface area contributed by atoms with E-state index in [1.54, 1.807) is 42.5 Å². The van der Waals surface area contributed by atoms with Gasteiger partial charge >= 0.3 is 0 Å². The van der Waals surface area contributed by atoms with Gasteiger partial charge in [-0.1, -0.05) is 12.1 Å². The molecule has 0 aliphatic carbocycles. The zero-order valence-corrected chi connectivity index (χ0v) is 13.9. The molecule has 3 rings (SSSR count). The van der Waals surface area contributed by atoms with Crippen LogP contribution in [0.15, 0.2) is 54.9 Å². The van der Waals surface area contributed by atoms with Crippen LogP contribution in [0, 0.1) is 11.3 Å². The molecule has 1 heterocycles. The summed E-state index contributed by atoms with van der Waals surface area (Å²) in [6.07, 6.45) is 2.58. The fraction of sp³-hybridized carbons (Fsp3) is 0.167. The lowest BCUT2D eigenvalue weighted by Gasteiger charge is -2.09. The topological polar surface area (TPSA) is 106 Å². The van der Waals surface area contributed by atoms with Crippen LogP contribution in [-0.2, 0) is 0 Å². The number of hydrogen-bond acceptors (Lipinski definition) is 6. The van der Waals surface area contributed by atoms with E-state index in [2.05, 4.69) is 26.9 Å². The molecule has 0 fully saturated rings. The van der Waals surface area contributed by atoms with Gasteiger partial charge in [-0.25, -0.2) is 4.68 Å². The molecule has 1 aromatic heterocycles. The highest BCUT2D eigenvalue weighted by Gasteiger charge is 2.09. The molecule has 3 aromatic rings. The Balaban J connectivity index is 1.67. The third-order valence-electron chi connectivity index (χ3n) is 3.52. The number of carbonyl (C=O) groups is 1. The number of nitrogens with zero attached hydrogens (tertiary/aromatic N) is 5. The molecule has 1 amide bonds. The van der Waals surface area contributed by atoms with Gasteiger partial charge in [-0.3, -0.25) is 4.79 Å². The fourth-order valence-electron chi connectivity index (χ4n) is 2.28. The van der Waals surface area contributed by atoms with Crippen molar-refractivity contribution in [2.75, 3.05) is 11.9 Å². The van der Waals surface area contributed by atoms with Crippen LogP contribution in [0.25, 0.3) is 5.69 Å². The second kappa shape index (κ2) is 8.39. The summed E-state index contributed by atoms with van der Waals surface area (Å²) in [6.45, 7) is 0.457. The first-order valence-corrected chi connectivity index (χ1v) is 8.01. The summed E-state index contributed by atoms with van der Waals surface area (Å²) in [5, 5.41) is 22.4. The molecule has 0 bridgehead atoms. The number of nitriles is 1. The van der Waals surface area contributed by atoms with Gasteiger partial charge in [0.05, 0.1) is 18.4 Å². The molecule has 130 valence electrons. The van der Waals surface area contributed by atoms with E-state index in [9.17, 15) is 4.79 Å². The number of carbonyl (C=O) groups excluding carboxylic acids is 1. The molecular weight excluding hydrogens is 332 g/mol. The standard InChI is InChI=1S/C18H16N6O2/c19-9-1-2-10-26-17-8-4-6-15(12-17)21-18(25)14-5-3-7-16(11-14)24-13-20-22-23-24/h3-8,11-13H,1-2,10H2,(H,21,25). The molecule has 2 aromatic carbocycles. The highest BCUT2D eigenvalue weighted by atomic mass is 16.5. The van der Waals surface area contributed by atoms with Gasteiger partial charge in [0, 0.05) is 23.7 Å². The van der Waals surface area contributed by atoms with Crippen LogP contribution in [0.2, 0.25) is 0 Å². The Bertz CT molecular complexity index is 917. The maximum atomic E-state index is 12.5. The third kappa shape index (κ3) is 4.42. The number of ether oxygens (including phenoxy) is 1. The van der Waals surface area contributed by atoms with Crippen LogP contribution in [0.4, 0.5) is 5.69 Å². The first-order chi connectivity index (χ1) is 12.8. The molecule has 0 spiro atoms. The number of amides is 1. The molecular formula is C18H16N6O2. The van der Waals surface area contributed by atoms with Gasteiger partial charge in [0.1, 0.15) is 12.1 Å². The molecule has 26 heavy (non-hydrogen) atoms. The monoisotopic (exact) mass is 348 g/mol. The van der Waals surface area contributed by atoms with Crippen molar-refractivity contribution in [1.82, 2.24) is 20.2 Å². The predicted octanol–water partition coefficient (Wildman–Crippen LogP) is 2.60. The highest BCUT2D eigenvalue weighted by Crippen LogP contribution is 2.19. The van der Waals surface area contributed by atoms with E-state index < -0.39 is 0 Å². The van der Waals surface area contributed by atoms with Gasteiger partial charge in [0.2, 0.25) is 0 Å². The lowest BCUT2D eigenvalue weighted by molar-refractivity contribution is 0.102. The smallest absolute Gasteiger partial charge is 0.255 e. The number of anilines is 1. The minimum Gasteiger partial charge on any atom is -0.493 e. The zero-order chi connectivity index (χ0) is 18.2. The van der Waals surface area contributed by atoms with Crippen molar-refractivity contribution in [3.8, 4) is 17.5 Å². The van der Waals surface area contributed by atoms with Crippen LogP contribution in [0.3, 0.4) is 0 Å². The molecule has 0 saturated carbocycles. The Morgan fingerprint density at radius 1 is 1.23 bits per heavy atom. The van der Waals surface area contributed by atoms with Crippen molar-refractivity contribution in [3.63, 3.8) is 0 Å². The molecule has 8 nitrogen and oxygen atoms in total. The van der Waals surface area contributed by atoms with Crippen LogP contribution in [0.1, 0.15) is 23.2 Å². The molecule has 8 heteroatoms. The SMILES string of the molecule is N#CCCCOc1cccc(NC(=O)c2cccc(-n3cnnn3)c2)c1. The Hall–Kier alpha value is -3.73. The lowest BCUT2D eigenvalue weighted by Crippen LogP contribution is -2.12. The normalized spacial score (nSPS) is 10.1. The largest absolute Gasteiger partial charge is 0.493 e. The molecule has 1 N–H and O–H groups in total. The fourth-order valence-corrected chi connectivity index (χ4v) is 2.28. The predicted molar refractivity (Wildman–Crippen MR) is 93.9 cm³/mol. The lowest BCUT2D eigenvalue weighted by atomic mass is 10.2.